The minimum atomic E-state index is -0.254. The Labute approximate surface area is 196 Å². The van der Waals surface area contributed by atoms with Crippen LogP contribution in [0.5, 0.6) is 11.6 Å². The summed E-state index contributed by atoms with van der Waals surface area (Å²) in [5, 5.41) is 12.7. The Hall–Kier alpha value is -3.77. The van der Waals surface area contributed by atoms with E-state index in [2.05, 4.69) is 27.8 Å². The van der Waals surface area contributed by atoms with Gasteiger partial charge in [-0.05, 0) is 48.5 Å². The molecule has 0 spiro atoms. The van der Waals surface area contributed by atoms with Gasteiger partial charge in [0.25, 0.3) is 0 Å². The molecule has 5 aromatic rings. The second kappa shape index (κ2) is 7.39. The van der Waals surface area contributed by atoms with Crippen molar-refractivity contribution in [3.05, 3.63) is 106 Å². The zero-order valence-corrected chi connectivity index (χ0v) is 19.2. The van der Waals surface area contributed by atoms with Gasteiger partial charge in [0.15, 0.2) is 4.77 Å². The lowest BCUT2D eigenvalue weighted by Gasteiger charge is -2.27. The van der Waals surface area contributed by atoms with E-state index in [1.54, 1.807) is 11.7 Å². The number of imidazole rings is 1. The van der Waals surface area contributed by atoms with Gasteiger partial charge in [-0.2, -0.15) is 0 Å². The van der Waals surface area contributed by atoms with E-state index in [-0.39, 0.29) is 11.9 Å². The van der Waals surface area contributed by atoms with Crippen molar-refractivity contribution in [3.8, 4) is 17.3 Å². The van der Waals surface area contributed by atoms with Gasteiger partial charge in [-0.3, -0.25) is 4.57 Å². The van der Waals surface area contributed by atoms with Crippen LogP contribution < -0.4 is 4.74 Å². The first-order valence-corrected chi connectivity index (χ1v) is 11.3. The maximum absolute atomic E-state index is 11.5. The summed E-state index contributed by atoms with van der Waals surface area (Å²) in [6, 6.07) is 24.0. The number of aryl methyl sites for hydroxylation is 1. The maximum Gasteiger partial charge on any atom is 0.218 e. The van der Waals surface area contributed by atoms with Gasteiger partial charge in [0, 0.05) is 28.6 Å². The summed E-state index contributed by atoms with van der Waals surface area (Å²) >= 11 is 6.02. The van der Waals surface area contributed by atoms with Crippen molar-refractivity contribution in [2.45, 2.75) is 19.4 Å². The summed E-state index contributed by atoms with van der Waals surface area (Å²) in [6.45, 7) is 2.03. The van der Waals surface area contributed by atoms with Crippen LogP contribution in [0.3, 0.4) is 0 Å². The predicted octanol–water partition coefficient (Wildman–Crippen LogP) is 6.05. The van der Waals surface area contributed by atoms with Crippen LogP contribution >= 0.6 is 12.2 Å². The lowest BCUT2D eigenvalue weighted by atomic mass is 9.92. The fourth-order valence-electron chi connectivity index (χ4n) is 5.14. The van der Waals surface area contributed by atoms with Crippen molar-refractivity contribution in [2.75, 3.05) is 7.11 Å². The fourth-order valence-corrected chi connectivity index (χ4v) is 5.54. The third kappa shape index (κ3) is 2.80. The van der Waals surface area contributed by atoms with Gasteiger partial charge < -0.3 is 19.4 Å². The number of rotatable bonds is 3. The van der Waals surface area contributed by atoms with Crippen LogP contribution in [0.1, 0.15) is 34.1 Å². The molecular weight excluding hydrogens is 430 g/mol. The molecule has 3 heterocycles. The second-order valence-electron chi connectivity index (χ2n) is 8.43. The number of H-pyrrole nitrogens is 1. The number of methoxy groups -OCH3 is 1. The summed E-state index contributed by atoms with van der Waals surface area (Å²) in [7, 11) is 1.68. The van der Waals surface area contributed by atoms with E-state index >= 15 is 0 Å². The van der Waals surface area contributed by atoms with E-state index < -0.39 is 0 Å². The molecule has 2 N–H and O–H groups in total. The average molecular weight is 454 g/mol. The normalized spacial score (nSPS) is 14.8. The Morgan fingerprint density at radius 3 is 2.55 bits per heavy atom. The van der Waals surface area contributed by atoms with Crippen molar-refractivity contribution in [3.63, 3.8) is 0 Å². The van der Waals surface area contributed by atoms with Gasteiger partial charge in [0.1, 0.15) is 11.8 Å². The van der Waals surface area contributed by atoms with E-state index in [1.807, 2.05) is 61.5 Å². The number of nitrogens with zero attached hydrogens (tertiary/aromatic N) is 2. The topological polar surface area (TPSA) is 55.1 Å². The Balaban J connectivity index is 1.71. The molecule has 0 bridgehead atoms. The zero-order valence-electron chi connectivity index (χ0n) is 18.4. The summed E-state index contributed by atoms with van der Waals surface area (Å²) in [6.07, 6.45) is 0.583. The zero-order chi connectivity index (χ0) is 22.7. The van der Waals surface area contributed by atoms with Crippen LogP contribution in [0.4, 0.5) is 0 Å². The van der Waals surface area contributed by atoms with E-state index in [0.29, 0.717) is 11.2 Å². The summed E-state index contributed by atoms with van der Waals surface area (Å²) in [4.78, 5) is 3.65. The molecule has 5 nitrogen and oxygen atoms in total. The predicted molar refractivity (Wildman–Crippen MR) is 132 cm³/mol. The fraction of sp³-hybridized carbons (Fsp3) is 0.148. The number of benzene rings is 3. The summed E-state index contributed by atoms with van der Waals surface area (Å²) in [5.74, 6) is 0.968. The van der Waals surface area contributed by atoms with E-state index in [4.69, 9.17) is 17.0 Å². The molecular formula is C27H23N3O2S. The number of aromatic amines is 1. The minimum Gasteiger partial charge on any atom is -0.496 e. The Morgan fingerprint density at radius 2 is 1.73 bits per heavy atom. The molecule has 164 valence electrons. The lowest BCUT2D eigenvalue weighted by Crippen LogP contribution is -2.22. The third-order valence-corrected chi connectivity index (χ3v) is 7.05. The molecule has 0 amide bonds. The molecule has 1 aliphatic heterocycles. The van der Waals surface area contributed by atoms with Crippen molar-refractivity contribution >= 4 is 23.1 Å². The molecule has 0 saturated heterocycles. The van der Waals surface area contributed by atoms with Gasteiger partial charge in [0.05, 0.1) is 18.5 Å². The van der Waals surface area contributed by atoms with Crippen LogP contribution in [0.2, 0.25) is 0 Å². The van der Waals surface area contributed by atoms with Crippen molar-refractivity contribution in [1.82, 2.24) is 14.1 Å². The van der Waals surface area contributed by atoms with Crippen LogP contribution in [-0.4, -0.2) is 26.3 Å². The molecule has 0 saturated carbocycles. The molecule has 1 aliphatic rings. The van der Waals surface area contributed by atoms with Gasteiger partial charge >= 0.3 is 0 Å². The lowest BCUT2D eigenvalue weighted by molar-refractivity contribution is 0.402. The van der Waals surface area contributed by atoms with Gasteiger partial charge in [-0.25, -0.2) is 0 Å². The number of nitrogens with one attached hydrogen (secondary N) is 1. The van der Waals surface area contributed by atoms with E-state index in [0.717, 1.165) is 44.9 Å². The molecule has 2 aromatic heterocycles. The highest BCUT2D eigenvalue weighted by molar-refractivity contribution is 7.71. The highest BCUT2D eigenvalue weighted by Crippen LogP contribution is 2.45. The van der Waals surface area contributed by atoms with Crippen LogP contribution in [0.15, 0.2) is 72.8 Å². The molecule has 1 atom stereocenters. The Morgan fingerprint density at radius 1 is 1.00 bits per heavy atom. The van der Waals surface area contributed by atoms with Crippen molar-refractivity contribution in [1.29, 1.82) is 0 Å². The largest absolute Gasteiger partial charge is 0.496 e. The molecule has 0 fully saturated rings. The Kier molecular flexibility index (Phi) is 4.45. The number of aromatic nitrogens is 3. The number of aromatic hydroxyl groups is 1. The average Bonchev–Trinajstić information content (AvgIpc) is 3.33. The van der Waals surface area contributed by atoms with E-state index in [1.165, 1.54) is 5.56 Å². The van der Waals surface area contributed by atoms with Crippen LogP contribution in [0, 0.1) is 11.7 Å². The molecule has 0 aliphatic carbocycles. The third-order valence-electron chi connectivity index (χ3n) is 6.67. The minimum absolute atomic E-state index is 0.185. The van der Waals surface area contributed by atoms with Crippen LogP contribution in [-0.2, 0) is 6.42 Å². The van der Waals surface area contributed by atoms with Crippen LogP contribution in [0.25, 0.3) is 16.6 Å². The Bertz CT molecular complexity index is 1590. The quantitative estimate of drug-likeness (QED) is 0.321. The van der Waals surface area contributed by atoms with Gasteiger partial charge in [-0.15, -0.1) is 0 Å². The summed E-state index contributed by atoms with van der Waals surface area (Å²) in [5.41, 5.74) is 7.05. The summed E-state index contributed by atoms with van der Waals surface area (Å²) < 4.78 is 10.2. The standard InChI is InChI=1S/C27H23N3O2S/c1-16-9-3-7-13-21(16)30-26(31)22-15-19-17-10-4-6-12-20(17)28-24(19)25(29(22)27(30)33)18-11-5-8-14-23(18)32-2/h3-14,25,28,31H,15H2,1-2H3. The second-order valence-corrected chi connectivity index (χ2v) is 8.79. The van der Waals surface area contributed by atoms with Crippen molar-refractivity contribution < 1.29 is 9.84 Å². The molecule has 6 heteroatoms. The van der Waals surface area contributed by atoms with Crippen molar-refractivity contribution in [2.24, 2.45) is 0 Å². The monoisotopic (exact) mass is 453 g/mol. The number of hydrogen-bond acceptors (Lipinski definition) is 3. The highest BCUT2D eigenvalue weighted by Gasteiger charge is 2.35. The molecule has 33 heavy (non-hydrogen) atoms. The number of fused-ring (bicyclic) bond motifs is 4. The number of para-hydroxylation sites is 3. The maximum atomic E-state index is 11.5. The molecule has 0 radical (unpaired) electrons. The molecule has 6 rings (SSSR count). The van der Waals surface area contributed by atoms with Gasteiger partial charge in [0.2, 0.25) is 5.88 Å². The highest BCUT2D eigenvalue weighted by atomic mass is 32.1. The number of hydrogen-bond donors (Lipinski definition) is 2. The first-order chi connectivity index (χ1) is 16.1. The smallest absolute Gasteiger partial charge is 0.218 e. The first kappa shape index (κ1) is 19.9. The molecule has 1 unspecified atom stereocenters. The van der Waals surface area contributed by atoms with E-state index in [9.17, 15) is 5.11 Å². The SMILES string of the molecule is COc1ccccc1C1c2[nH]c3ccccc3c2Cc2c(O)n(-c3ccccc3C)c(=S)n21. The molecule has 3 aromatic carbocycles. The first-order valence-electron chi connectivity index (χ1n) is 10.9. The number of ether oxygens (including phenoxy) is 1. The van der Waals surface area contributed by atoms with Gasteiger partial charge in [-0.1, -0.05) is 54.6 Å².